The number of aliphatic carboxylic acids is 1. The number of oxime groups is 1. The number of β-lactam (4-membered cyclic amide) rings is 1. The lowest BCUT2D eigenvalue weighted by Gasteiger charge is -2.51. The van der Waals surface area contributed by atoms with Crippen molar-refractivity contribution >= 4 is 51.7 Å². The summed E-state index contributed by atoms with van der Waals surface area (Å²) in [5.74, 6) is -2.06. The van der Waals surface area contributed by atoms with E-state index in [1.165, 1.54) is 23.8 Å². The van der Waals surface area contributed by atoms with Gasteiger partial charge in [-0.1, -0.05) is 5.16 Å². The summed E-state index contributed by atoms with van der Waals surface area (Å²) in [5.41, 5.74) is 6.39. The Bertz CT molecular complexity index is 1020. The SMILES string of the molecule is CO/N=C(\C(=O)NC1C(=O)N2C(C(=O)[O-])=C(C[N+]3(C)CCCC3)CSC12)c1csc(N)n1. The fourth-order valence-corrected chi connectivity index (χ4v) is 6.30. The van der Waals surface area contributed by atoms with E-state index in [0.717, 1.165) is 41.8 Å². The van der Waals surface area contributed by atoms with E-state index >= 15 is 0 Å². The van der Waals surface area contributed by atoms with Crippen molar-refractivity contribution in [2.45, 2.75) is 24.3 Å². The topological polar surface area (TPSA) is 150 Å². The van der Waals surface area contributed by atoms with Gasteiger partial charge in [-0.2, -0.15) is 0 Å². The number of nitrogens with one attached hydrogen (secondary N) is 1. The number of quaternary nitrogens is 1. The van der Waals surface area contributed by atoms with Crippen LogP contribution in [0.25, 0.3) is 0 Å². The Morgan fingerprint density at radius 3 is 2.75 bits per heavy atom. The Morgan fingerprint density at radius 1 is 1.44 bits per heavy atom. The number of thiazole rings is 1. The molecular formula is C19H24N6O5S2. The van der Waals surface area contributed by atoms with Crippen LogP contribution in [-0.2, 0) is 19.2 Å². The average molecular weight is 481 g/mol. The molecule has 1 aromatic rings. The van der Waals surface area contributed by atoms with Gasteiger partial charge >= 0.3 is 0 Å². The lowest BCUT2D eigenvalue weighted by molar-refractivity contribution is -0.893. The number of likely N-dealkylation sites (N-methyl/N-ethyl adjacent to an activating group) is 1. The zero-order chi connectivity index (χ0) is 23.0. The van der Waals surface area contributed by atoms with Crippen LogP contribution in [0.2, 0.25) is 0 Å². The molecule has 0 aromatic carbocycles. The maximum Gasteiger partial charge on any atom is 0.276 e. The number of aromatic nitrogens is 1. The van der Waals surface area contributed by atoms with Crippen LogP contribution in [0.4, 0.5) is 5.13 Å². The van der Waals surface area contributed by atoms with Crippen LogP contribution in [0.1, 0.15) is 18.5 Å². The largest absolute Gasteiger partial charge is 0.543 e. The minimum absolute atomic E-state index is 0.0615. The van der Waals surface area contributed by atoms with Gasteiger partial charge in [0.05, 0.1) is 31.8 Å². The van der Waals surface area contributed by atoms with Crippen LogP contribution in [0.3, 0.4) is 0 Å². The lowest BCUT2D eigenvalue weighted by atomic mass is 10.0. The van der Waals surface area contributed by atoms with Gasteiger partial charge in [0.1, 0.15) is 30.8 Å². The van der Waals surface area contributed by atoms with E-state index in [9.17, 15) is 19.5 Å². The summed E-state index contributed by atoms with van der Waals surface area (Å²) in [5, 5.41) is 19.6. The minimum Gasteiger partial charge on any atom is -0.543 e. The zero-order valence-corrected chi connectivity index (χ0v) is 19.3. The number of carboxylic acid groups (broad SMARTS) is 1. The summed E-state index contributed by atoms with van der Waals surface area (Å²) in [4.78, 5) is 47.7. The highest BCUT2D eigenvalue weighted by Crippen LogP contribution is 2.41. The molecule has 2 saturated heterocycles. The van der Waals surface area contributed by atoms with Crippen LogP contribution in [0, 0.1) is 0 Å². The van der Waals surface area contributed by atoms with E-state index in [1.54, 1.807) is 5.38 Å². The van der Waals surface area contributed by atoms with E-state index in [2.05, 4.69) is 22.5 Å². The number of likely N-dealkylation sites (tertiary alicyclic amines) is 1. The molecule has 0 bridgehead atoms. The Hall–Kier alpha value is -2.64. The molecule has 0 spiro atoms. The zero-order valence-electron chi connectivity index (χ0n) is 17.7. The smallest absolute Gasteiger partial charge is 0.276 e. The third-order valence-electron chi connectivity index (χ3n) is 5.91. The number of fused-ring (bicyclic) bond motifs is 1. The Labute approximate surface area is 192 Å². The molecule has 1 aromatic heterocycles. The van der Waals surface area contributed by atoms with E-state index in [0.29, 0.717) is 17.9 Å². The standard InChI is InChI=1S/C19H24N6O5S2/c1-25(5-3-4-6-25)7-10-8-31-17-13(16(27)24(17)14(10)18(28)29)22-15(26)12(23-30-2)11-9-32-19(20)21-11/h9,13,17H,3-8H2,1-2H3,(H3-,20,21,22,26,28,29)/b23-12-. The number of amides is 2. The molecule has 172 valence electrons. The number of carbonyl (C=O) groups excluding carboxylic acids is 3. The Kier molecular flexibility index (Phi) is 6.14. The first-order chi connectivity index (χ1) is 15.2. The van der Waals surface area contributed by atoms with Crippen molar-refractivity contribution in [3.63, 3.8) is 0 Å². The number of carbonyl (C=O) groups is 3. The number of anilines is 1. The fraction of sp³-hybridized carbons (Fsp3) is 0.526. The van der Waals surface area contributed by atoms with Crippen molar-refractivity contribution in [3.05, 3.63) is 22.3 Å². The van der Waals surface area contributed by atoms with Crippen LogP contribution in [0.5, 0.6) is 0 Å². The summed E-state index contributed by atoms with van der Waals surface area (Å²) in [6.07, 6.45) is 2.21. The summed E-state index contributed by atoms with van der Waals surface area (Å²) in [6.45, 7) is 2.53. The van der Waals surface area contributed by atoms with Gasteiger partial charge in [-0.25, -0.2) is 4.98 Å². The highest BCUT2D eigenvalue weighted by molar-refractivity contribution is 8.00. The normalized spacial score (nSPS) is 24.8. The number of nitrogen functional groups attached to an aromatic ring is 1. The molecule has 4 rings (SSSR count). The first-order valence-electron chi connectivity index (χ1n) is 10.1. The molecule has 3 aliphatic heterocycles. The number of carboxylic acids is 1. The molecule has 13 heteroatoms. The number of thioether (sulfide) groups is 1. The average Bonchev–Trinajstić information content (AvgIpc) is 3.37. The van der Waals surface area contributed by atoms with Gasteiger partial charge in [0.15, 0.2) is 10.8 Å². The molecular weight excluding hydrogens is 456 g/mol. The molecule has 2 unspecified atom stereocenters. The monoisotopic (exact) mass is 480 g/mol. The second kappa shape index (κ2) is 8.71. The first kappa shape index (κ1) is 22.6. The van der Waals surface area contributed by atoms with E-state index < -0.39 is 29.2 Å². The first-order valence-corrected chi connectivity index (χ1v) is 12.0. The van der Waals surface area contributed by atoms with Crippen molar-refractivity contribution < 1.29 is 28.8 Å². The molecule has 0 radical (unpaired) electrons. The maximum atomic E-state index is 12.9. The fourth-order valence-electron chi connectivity index (χ4n) is 4.41. The van der Waals surface area contributed by atoms with Crippen molar-refractivity contribution in [2.75, 3.05) is 45.3 Å². The molecule has 3 N–H and O–H groups in total. The quantitative estimate of drug-likeness (QED) is 0.212. The number of nitrogens with two attached hydrogens (primary N) is 1. The van der Waals surface area contributed by atoms with Gasteiger partial charge < -0.3 is 30.3 Å². The second-order valence-electron chi connectivity index (χ2n) is 8.23. The molecule has 2 fully saturated rings. The molecule has 11 nitrogen and oxygen atoms in total. The highest BCUT2D eigenvalue weighted by Gasteiger charge is 2.53. The number of nitrogens with zero attached hydrogens (tertiary/aromatic N) is 4. The Morgan fingerprint density at radius 2 is 2.16 bits per heavy atom. The second-order valence-corrected chi connectivity index (χ2v) is 10.2. The van der Waals surface area contributed by atoms with Crippen LogP contribution < -0.4 is 16.2 Å². The molecule has 2 amide bonds. The van der Waals surface area contributed by atoms with Gasteiger partial charge in [-0.05, 0) is 0 Å². The molecule has 0 aliphatic carbocycles. The molecule has 32 heavy (non-hydrogen) atoms. The predicted molar refractivity (Wildman–Crippen MR) is 117 cm³/mol. The van der Waals surface area contributed by atoms with E-state index in [1.807, 2.05) is 0 Å². The third kappa shape index (κ3) is 4.07. The summed E-state index contributed by atoms with van der Waals surface area (Å²) in [7, 11) is 3.39. The predicted octanol–water partition coefficient (Wildman–Crippen LogP) is -1.28. The van der Waals surface area contributed by atoms with Gasteiger partial charge in [0.2, 0.25) is 0 Å². The number of hydrogen-bond acceptors (Lipinski definition) is 10. The minimum atomic E-state index is -1.37. The van der Waals surface area contributed by atoms with Gasteiger partial charge in [0.25, 0.3) is 11.8 Å². The van der Waals surface area contributed by atoms with Crippen molar-refractivity contribution in [2.24, 2.45) is 5.16 Å². The molecule has 3 aliphatic rings. The summed E-state index contributed by atoms with van der Waals surface area (Å²) < 4.78 is 0.757. The molecule has 4 heterocycles. The van der Waals surface area contributed by atoms with Crippen LogP contribution in [-0.4, -0.2) is 88.8 Å². The summed E-state index contributed by atoms with van der Waals surface area (Å²) >= 11 is 2.57. The molecule has 0 saturated carbocycles. The van der Waals surface area contributed by atoms with Crippen molar-refractivity contribution in [3.8, 4) is 0 Å². The van der Waals surface area contributed by atoms with Gasteiger partial charge in [-0.15, -0.1) is 23.1 Å². The highest BCUT2D eigenvalue weighted by atomic mass is 32.2. The lowest BCUT2D eigenvalue weighted by Crippen LogP contribution is -2.71. The van der Waals surface area contributed by atoms with Crippen molar-refractivity contribution in [1.82, 2.24) is 15.2 Å². The van der Waals surface area contributed by atoms with Crippen LogP contribution >= 0.6 is 23.1 Å². The van der Waals surface area contributed by atoms with Crippen LogP contribution in [0.15, 0.2) is 21.8 Å². The summed E-state index contributed by atoms with van der Waals surface area (Å²) in [6, 6.07) is -0.891. The number of rotatable bonds is 7. The maximum absolute atomic E-state index is 12.9. The van der Waals surface area contributed by atoms with Gasteiger partial charge in [-0.3, -0.25) is 14.5 Å². The molecule has 2 atom stereocenters. The van der Waals surface area contributed by atoms with Gasteiger partial charge in [0, 0.05) is 29.5 Å². The Balaban J connectivity index is 1.52. The van der Waals surface area contributed by atoms with E-state index in [4.69, 9.17) is 10.6 Å². The van der Waals surface area contributed by atoms with Crippen molar-refractivity contribution in [1.29, 1.82) is 0 Å². The van der Waals surface area contributed by atoms with E-state index in [-0.39, 0.29) is 22.2 Å². The number of hydrogen-bond donors (Lipinski definition) is 2. The third-order valence-corrected chi connectivity index (χ3v) is 7.92.